The van der Waals surface area contributed by atoms with Gasteiger partial charge < -0.3 is 15.0 Å². The van der Waals surface area contributed by atoms with Crippen LogP contribution in [-0.4, -0.2) is 18.1 Å². The number of aromatic amines is 1. The number of anilines is 1. The third-order valence-electron chi connectivity index (χ3n) is 2.96. The van der Waals surface area contributed by atoms with Crippen molar-refractivity contribution in [1.29, 1.82) is 0 Å². The number of halogens is 1. The van der Waals surface area contributed by atoms with Crippen molar-refractivity contribution in [2.24, 2.45) is 0 Å². The van der Waals surface area contributed by atoms with Crippen LogP contribution >= 0.6 is 0 Å². The molecular weight excluding hydrogens is 259 g/mol. The number of rotatable bonds is 5. The van der Waals surface area contributed by atoms with Gasteiger partial charge in [-0.25, -0.2) is 4.39 Å². The summed E-state index contributed by atoms with van der Waals surface area (Å²) in [5.41, 5.74) is 1.36. The second kappa shape index (κ2) is 6.23. The number of hydrogen-bond donors (Lipinski definition) is 2. The van der Waals surface area contributed by atoms with E-state index in [9.17, 15) is 9.18 Å². The lowest BCUT2D eigenvalue weighted by molar-refractivity contribution is 0.407. The number of pyridine rings is 1. The average Bonchev–Trinajstić information content (AvgIpc) is 2.38. The van der Waals surface area contributed by atoms with Gasteiger partial charge in [-0.2, -0.15) is 0 Å². The second-order valence-electron chi connectivity index (χ2n) is 4.65. The highest BCUT2D eigenvalue weighted by Gasteiger charge is 2.10. The Hall–Kier alpha value is -2.30. The number of benzene rings is 1. The van der Waals surface area contributed by atoms with Crippen molar-refractivity contribution < 1.29 is 9.13 Å². The molecule has 0 radical (unpaired) electrons. The first kappa shape index (κ1) is 14.1. The summed E-state index contributed by atoms with van der Waals surface area (Å²) < 4.78 is 18.5. The molecular formula is C15H17FN2O2. The number of ether oxygens (including phenoxy) is 1. The zero-order valence-corrected chi connectivity index (χ0v) is 11.4. The second-order valence-corrected chi connectivity index (χ2v) is 4.65. The van der Waals surface area contributed by atoms with Crippen molar-refractivity contribution in [3.63, 3.8) is 0 Å². The summed E-state index contributed by atoms with van der Waals surface area (Å²) in [5.74, 6) is 0.370. The Morgan fingerprint density at radius 1 is 1.35 bits per heavy atom. The summed E-state index contributed by atoms with van der Waals surface area (Å²) in [7, 11) is 1.56. The van der Waals surface area contributed by atoms with E-state index in [4.69, 9.17) is 4.74 Å². The third kappa shape index (κ3) is 3.60. The van der Waals surface area contributed by atoms with Crippen LogP contribution in [0.25, 0.3) is 0 Å². The lowest BCUT2D eigenvalue weighted by Gasteiger charge is -2.17. The zero-order valence-electron chi connectivity index (χ0n) is 11.4. The smallest absolute Gasteiger partial charge is 0.249 e. The van der Waals surface area contributed by atoms with Gasteiger partial charge in [0.25, 0.3) is 0 Å². The number of aromatic nitrogens is 1. The van der Waals surface area contributed by atoms with Crippen molar-refractivity contribution in [2.75, 3.05) is 12.4 Å². The molecule has 1 aromatic carbocycles. The number of methoxy groups -OCH3 is 1. The van der Waals surface area contributed by atoms with E-state index in [1.165, 1.54) is 18.2 Å². The Balaban J connectivity index is 2.10. The molecule has 1 heterocycles. The number of H-pyrrole nitrogens is 1. The molecule has 0 spiro atoms. The van der Waals surface area contributed by atoms with Gasteiger partial charge in [-0.1, -0.05) is 0 Å². The maximum absolute atomic E-state index is 13.3. The molecule has 2 N–H and O–H groups in total. The molecule has 0 saturated carbocycles. The zero-order chi connectivity index (χ0) is 14.5. The van der Waals surface area contributed by atoms with Crippen LogP contribution in [0.4, 0.5) is 10.1 Å². The predicted molar refractivity (Wildman–Crippen MR) is 76.8 cm³/mol. The molecule has 0 aliphatic heterocycles. The average molecular weight is 276 g/mol. The van der Waals surface area contributed by atoms with E-state index < -0.39 is 0 Å². The van der Waals surface area contributed by atoms with Crippen molar-refractivity contribution in [1.82, 2.24) is 4.98 Å². The fourth-order valence-corrected chi connectivity index (χ4v) is 2.11. The molecule has 0 fully saturated rings. The van der Waals surface area contributed by atoms with Crippen molar-refractivity contribution in [3.05, 3.63) is 58.3 Å². The lowest BCUT2D eigenvalue weighted by atomic mass is 10.1. The Bertz CT molecular complexity index is 640. The molecule has 0 saturated heterocycles. The molecule has 2 rings (SSSR count). The lowest BCUT2D eigenvalue weighted by Crippen LogP contribution is -2.19. The van der Waals surface area contributed by atoms with Crippen LogP contribution in [0.3, 0.4) is 0 Å². The highest BCUT2D eigenvalue weighted by molar-refractivity contribution is 5.43. The standard InChI is InChI=1S/C15H17FN2O2/c1-10(18-13-5-6-17-15(19)9-13)7-11-8-12(16)3-4-14(11)20-2/h3-6,8-10H,7H2,1-2H3,(H2,17,18,19). The molecule has 1 unspecified atom stereocenters. The third-order valence-corrected chi connectivity index (χ3v) is 2.96. The highest BCUT2D eigenvalue weighted by atomic mass is 19.1. The van der Waals surface area contributed by atoms with E-state index in [-0.39, 0.29) is 17.4 Å². The summed E-state index contributed by atoms with van der Waals surface area (Å²) in [4.78, 5) is 13.8. The van der Waals surface area contributed by atoms with Crippen LogP contribution in [0, 0.1) is 5.82 Å². The van der Waals surface area contributed by atoms with E-state index in [0.29, 0.717) is 12.2 Å². The van der Waals surface area contributed by atoms with Gasteiger partial charge in [0.05, 0.1) is 7.11 Å². The van der Waals surface area contributed by atoms with Crippen molar-refractivity contribution in [2.45, 2.75) is 19.4 Å². The molecule has 4 nitrogen and oxygen atoms in total. The molecule has 0 aliphatic rings. The molecule has 0 aliphatic carbocycles. The number of nitrogens with one attached hydrogen (secondary N) is 2. The van der Waals surface area contributed by atoms with Gasteiger partial charge in [-0.05, 0) is 43.2 Å². The largest absolute Gasteiger partial charge is 0.496 e. The van der Waals surface area contributed by atoms with Gasteiger partial charge in [-0.15, -0.1) is 0 Å². The van der Waals surface area contributed by atoms with Gasteiger partial charge in [-0.3, -0.25) is 4.79 Å². The minimum atomic E-state index is -0.288. The maximum Gasteiger partial charge on any atom is 0.249 e. The van der Waals surface area contributed by atoms with Crippen LogP contribution in [0.2, 0.25) is 0 Å². The summed E-state index contributed by atoms with van der Waals surface area (Å²) >= 11 is 0. The van der Waals surface area contributed by atoms with Crippen LogP contribution in [0.15, 0.2) is 41.3 Å². The molecule has 106 valence electrons. The molecule has 0 amide bonds. The SMILES string of the molecule is COc1ccc(F)cc1CC(C)Nc1cc[nH]c(=O)c1. The van der Waals surface area contributed by atoms with Crippen LogP contribution in [-0.2, 0) is 6.42 Å². The van der Waals surface area contributed by atoms with Crippen LogP contribution in [0.5, 0.6) is 5.75 Å². The molecule has 20 heavy (non-hydrogen) atoms. The van der Waals surface area contributed by atoms with E-state index in [1.54, 1.807) is 25.4 Å². The van der Waals surface area contributed by atoms with Crippen LogP contribution < -0.4 is 15.6 Å². The maximum atomic E-state index is 13.3. The Kier molecular flexibility index (Phi) is 4.40. The molecule has 0 bridgehead atoms. The summed E-state index contributed by atoms with van der Waals surface area (Å²) in [6, 6.07) is 7.75. The summed E-state index contributed by atoms with van der Waals surface area (Å²) in [5, 5.41) is 3.20. The summed E-state index contributed by atoms with van der Waals surface area (Å²) in [6.07, 6.45) is 2.17. The molecule has 2 aromatic rings. The van der Waals surface area contributed by atoms with E-state index in [0.717, 1.165) is 11.3 Å². The fraction of sp³-hybridized carbons (Fsp3) is 0.267. The first-order chi connectivity index (χ1) is 9.58. The van der Waals surface area contributed by atoms with E-state index >= 15 is 0 Å². The minimum Gasteiger partial charge on any atom is -0.496 e. The normalized spacial score (nSPS) is 11.9. The minimum absolute atomic E-state index is 0.0347. The molecule has 1 aromatic heterocycles. The number of hydrogen-bond acceptors (Lipinski definition) is 3. The quantitative estimate of drug-likeness (QED) is 0.882. The first-order valence-electron chi connectivity index (χ1n) is 6.36. The Morgan fingerprint density at radius 3 is 2.85 bits per heavy atom. The first-order valence-corrected chi connectivity index (χ1v) is 6.36. The van der Waals surface area contributed by atoms with Gasteiger partial charge in [0.15, 0.2) is 0 Å². The van der Waals surface area contributed by atoms with Gasteiger partial charge in [0.2, 0.25) is 5.56 Å². The van der Waals surface area contributed by atoms with Crippen LogP contribution in [0.1, 0.15) is 12.5 Å². The highest BCUT2D eigenvalue weighted by Crippen LogP contribution is 2.21. The van der Waals surface area contributed by atoms with E-state index in [2.05, 4.69) is 10.3 Å². The van der Waals surface area contributed by atoms with Gasteiger partial charge >= 0.3 is 0 Å². The fourth-order valence-electron chi connectivity index (χ4n) is 2.11. The predicted octanol–water partition coefficient (Wildman–Crippen LogP) is 2.57. The van der Waals surface area contributed by atoms with Crippen molar-refractivity contribution >= 4 is 5.69 Å². The Labute approximate surface area is 116 Å². The Morgan fingerprint density at radius 2 is 2.15 bits per heavy atom. The van der Waals surface area contributed by atoms with Crippen molar-refractivity contribution in [3.8, 4) is 5.75 Å². The topological polar surface area (TPSA) is 54.1 Å². The van der Waals surface area contributed by atoms with Gasteiger partial charge in [0.1, 0.15) is 11.6 Å². The summed E-state index contributed by atoms with van der Waals surface area (Å²) in [6.45, 7) is 1.96. The molecule has 5 heteroatoms. The molecule has 1 atom stereocenters. The van der Waals surface area contributed by atoms with Gasteiger partial charge in [0, 0.05) is 24.0 Å². The van der Waals surface area contributed by atoms with E-state index in [1.807, 2.05) is 6.92 Å². The monoisotopic (exact) mass is 276 g/mol.